The molecule has 0 aromatic heterocycles. The second-order valence-electron chi connectivity index (χ2n) is 2.82. The fourth-order valence-corrected chi connectivity index (χ4v) is 1.98. The largest absolute Gasteiger partial charge is 0.118 e. The van der Waals surface area contributed by atoms with Crippen LogP contribution in [-0.4, -0.2) is 5.38 Å². The molecule has 0 N–H and O–H groups in total. The molecule has 0 aromatic carbocycles. The predicted octanol–water partition coefficient (Wildman–Crippen LogP) is 3.85. The van der Waals surface area contributed by atoms with Crippen LogP contribution in [0.25, 0.3) is 0 Å². The summed E-state index contributed by atoms with van der Waals surface area (Å²) in [5.74, 6) is 0. The van der Waals surface area contributed by atoms with E-state index >= 15 is 0 Å². The van der Waals surface area contributed by atoms with E-state index in [2.05, 4.69) is 6.92 Å². The zero-order valence-electron chi connectivity index (χ0n) is 6.61. The Morgan fingerprint density at radius 1 is 1.64 bits per heavy atom. The van der Waals surface area contributed by atoms with Gasteiger partial charge in [-0.15, -0.1) is 11.6 Å². The van der Waals surface area contributed by atoms with Gasteiger partial charge in [0.2, 0.25) is 0 Å². The molecule has 0 nitrogen and oxygen atoms in total. The highest BCUT2D eigenvalue weighted by Gasteiger charge is 2.10. The van der Waals surface area contributed by atoms with Crippen LogP contribution in [0.2, 0.25) is 0 Å². The number of hydrogen-bond donors (Lipinski definition) is 0. The first kappa shape index (κ1) is 9.15. The molecule has 0 aromatic rings. The van der Waals surface area contributed by atoms with Crippen LogP contribution in [0.1, 0.15) is 26.2 Å². The molecule has 1 aliphatic carbocycles. The minimum Gasteiger partial charge on any atom is -0.118 e. The third-order valence-electron chi connectivity index (χ3n) is 1.71. The summed E-state index contributed by atoms with van der Waals surface area (Å²) in [5, 5.41) is 0.897. The van der Waals surface area contributed by atoms with Crippen LogP contribution in [0.3, 0.4) is 0 Å². The van der Waals surface area contributed by atoms with Crippen LogP contribution in [0, 0.1) is 0 Å². The summed E-state index contributed by atoms with van der Waals surface area (Å²) in [4.78, 5) is 0. The zero-order valence-corrected chi connectivity index (χ0v) is 8.12. The molecule has 0 bridgehead atoms. The Hall–Kier alpha value is 0.0600. The first-order chi connectivity index (χ1) is 5.22. The van der Waals surface area contributed by atoms with Crippen molar-refractivity contribution in [2.45, 2.75) is 31.6 Å². The lowest BCUT2D eigenvalue weighted by atomic mass is 10.0. The fourth-order valence-electron chi connectivity index (χ4n) is 1.28. The van der Waals surface area contributed by atoms with Crippen LogP contribution < -0.4 is 0 Å². The second-order valence-corrected chi connectivity index (χ2v) is 3.82. The number of rotatable bonds is 2. The zero-order chi connectivity index (χ0) is 8.27. The molecule has 1 rings (SSSR count). The third kappa shape index (κ3) is 2.88. The maximum atomic E-state index is 5.94. The maximum absolute atomic E-state index is 5.94. The van der Waals surface area contributed by atoms with Crippen LogP contribution in [-0.2, 0) is 0 Å². The van der Waals surface area contributed by atoms with Gasteiger partial charge in [0.15, 0.2) is 0 Å². The van der Waals surface area contributed by atoms with Crippen molar-refractivity contribution in [1.82, 2.24) is 0 Å². The molecule has 1 unspecified atom stereocenters. The smallest absolute Gasteiger partial charge is 0.0570 e. The van der Waals surface area contributed by atoms with Crippen molar-refractivity contribution in [2.75, 3.05) is 0 Å². The normalized spacial score (nSPS) is 24.5. The van der Waals surface area contributed by atoms with Crippen molar-refractivity contribution < 1.29 is 0 Å². The predicted molar refractivity (Wildman–Crippen MR) is 51.2 cm³/mol. The van der Waals surface area contributed by atoms with Gasteiger partial charge in [0.25, 0.3) is 0 Å². The van der Waals surface area contributed by atoms with Gasteiger partial charge in [0.05, 0.1) is 5.38 Å². The van der Waals surface area contributed by atoms with E-state index < -0.39 is 0 Å². The van der Waals surface area contributed by atoms with E-state index in [0.717, 1.165) is 17.9 Å². The van der Waals surface area contributed by atoms with Gasteiger partial charge < -0.3 is 0 Å². The first-order valence-electron chi connectivity index (χ1n) is 3.93. The summed E-state index contributed by atoms with van der Waals surface area (Å²) in [7, 11) is 0. The molecule has 2 heteroatoms. The van der Waals surface area contributed by atoms with E-state index in [4.69, 9.17) is 23.2 Å². The lowest BCUT2D eigenvalue weighted by Crippen LogP contribution is -2.01. The van der Waals surface area contributed by atoms with Crippen molar-refractivity contribution in [3.8, 4) is 0 Å². The molecule has 62 valence electrons. The third-order valence-corrected chi connectivity index (χ3v) is 2.23. The number of hydrogen-bond acceptors (Lipinski definition) is 0. The van der Waals surface area contributed by atoms with Gasteiger partial charge in [-0.2, -0.15) is 0 Å². The number of halogens is 2. The second kappa shape index (κ2) is 4.18. The fraction of sp³-hybridized carbons (Fsp3) is 0.556. The van der Waals surface area contributed by atoms with Crippen LogP contribution in [0.15, 0.2) is 22.8 Å². The maximum Gasteiger partial charge on any atom is 0.0570 e. The van der Waals surface area contributed by atoms with Gasteiger partial charge in [0.1, 0.15) is 0 Å². The monoisotopic (exact) mass is 190 g/mol. The van der Waals surface area contributed by atoms with Crippen molar-refractivity contribution in [3.63, 3.8) is 0 Å². The van der Waals surface area contributed by atoms with E-state index in [0.29, 0.717) is 0 Å². The average Bonchev–Trinajstić information content (AvgIpc) is 1.85. The van der Waals surface area contributed by atoms with E-state index in [1.807, 2.05) is 12.2 Å². The lowest BCUT2D eigenvalue weighted by molar-refractivity contribution is 0.823. The Morgan fingerprint density at radius 2 is 2.36 bits per heavy atom. The van der Waals surface area contributed by atoms with Crippen molar-refractivity contribution in [2.24, 2.45) is 0 Å². The Morgan fingerprint density at radius 3 is 2.91 bits per heavy atom. The number of allylic oxidation sites excluding steroid dienone is 4. The molecule has 0 amide bonds. The van der Waals surface area contributed by atoms with E-state index in [1.165, 1.54) is 12.0 Å². The van der Waals surface area contributed by atoms with Crippen molar-refractivity contribution in [3.05, 3.63) is 22.8 Å². The Kier molecular flexibility index (Phi) is 3.47. The van der Waals surface area contributed by atoms with Gasteiger partial charge >= 0.3 is 0 Å². The SMILES string of the molecule is CCCC1=CC(Cl)=CC(Cl)C1. The van der Waals surface area contributed by atoms with Gasteiger partial charge in [0, 0.05) is 5.03 Å². The minimum absolute atomic E-state index is 0.106. The topological polar surface area (TPSA) is 0 Å². The van der Waals surface area contributed by atoms with Crippen LogP contribution in [0.4, 0.5) is 0 Å². The van der Waals surface area contributed by atoms with E-state index in [9.17, 15) is 0 Å². The molecule has 0 fully saturated rings. The molecule has 0 spiro atoms. The molecule has 0 aliphatic heterocycles. The summed E-state index contributed by atoms with van der Waals surface area (Å²) in [5.41, 5.74) is 1.38. The highest BCUT2D eigenvalue weighted by Crippen LogP contribution is 2.26. The minimum atomic E-state index is 0.106. The van der Waals surface area contributed by atoms with E-state index in [1.54, 1.807) is 0 Å². The summed E-state index contributed by atoms with van der Waals surface area (Å²) in [6.07, 6.45) is 7.17. The highest BCUT2D eigenvalue weighted by molar-refractivity contribution is 6.32. The van der Waals surface area contributed by atoms with Gasteiger partial charge in [-0.05, 0) is 25.0 Å². The van der Waals surface area contributed by atoms with Crippen molar-refractivity contribution >= 4 is 23.2 Å². The van der Waals surface area contributed by atoms with E-state index in [-0.39, 0.29) is 5.38 Å². The molecule has 11 heavy (non-hydrogen) atoms. The summed E-state index contributed by atoms with van der Waals surface area (Å²) >= 11 is 11.8. The van der Waals surface area contributed by atoms with Crippen LogP contribution in [0.5, 0.6) is 0 Å². The molecular formula is C9H12Cl2. The summed E-state index contributed by atoms with van der Waals surface area (Å²) in [6.45, 7) is 2.16. The molecule has 0 saturated heterocycles. The molecule has 1 atom stereocenters. The molecular weight excluding hydrogens is 179 g/mol. The number of alkyl halides is 1. The average molecular weight is 191 g/mol. The van der Waals surface area contributed by atoms with Crippen LogP contribution >= 0.6 is 23.2 Å². The van der Waals surface area contributed by atoms with Gasteiger partial charge in [-0.25, -0.2) is 0 Å². The molecule has 1 aliphatic rings. The highest BCUT2D eigenvalue weighted by atomic mass is 35.5. The molecule has 0 radical (unpaired) electrons. The Balaban J connectivity index is 2.60. The Bertz CT molecular complexity index is 192. The van der Waals surface area contributed by atoms with Crippen molar-refractivity contribution in [1.29, 1.82) is 0 Å². The lowest BCUT2D eigenvalue weighted by Gasteiger charge is -2.13. The van der Waals surface area contributed by atoms with Gasteiger partial charge in [-0.1, -0.05) is 30.5 Å². The van der Waals surface area contributed by atoms with Gasteiger partial charge in [-0.3, -0.25) is 0 Å². The standard InChI is InChI=1S/C9H12Cl2/c1-2-3-7-4-8(10)6-9(11)5-7/h4,6,9H,2-3,5H2,1H3. The molecule has 0 saturated carbocycles. The first-order valence-corrected chi connectivity index (χ1v) is 4.74. The molecule has 0 heterocycles. The Labute approximate surface area is 77.9 Å². The summed E-state index contributed by atoms with van der Waals surface area (Å²) < 4.78 is 0. The summed E-state index contributed by atoms with van der Waals surface area (Å²) in [6, 6.07) is 0. The quantitative estimate of drug-likeness (QED) is 0.581.